The van der Waals surface area contributed by atoms with Gasteiger partial charge in [0.2, 0.25) is 0 Å². The van der Waals surface area contributed by atoms with Crippen LogP contribution in [0.5, 0.6) is 0 Å². The molecule has 2 aromatic carbocycles. The van der Waals surface area contributed by atoms with Gasteiger partial charge in [-0.3, -0.25) is 4.79 Å². The summed E-state index contributed by atoms with van der Waals surface area (Å²) in [5, 5.41) is 10.6. The van der Waals surface area contributed by atoms with Crippen molar-refractivity contribution in [2.24, 2.45) is 0 Å². The highest BCUT2D eigenvalue weighted by Gasteiger charge is 2.75. The van der Waals surface area contributed by atoms with Gasteiger partial charge in [0.25, 0.3) is 10.0 Å². The molecular formula is C22H20ClNO5S2. The minimum Gasteiger partial charge on any atom is -0.480 e. The summed E-state index contributed by atoms with van der Waals surface area (Å²) < 4.78 is 34.2. The third-order valence-corrected chi connectivity index (χ3v) is 9.00. The summed E-state index contributed by atoms with van der Waals surface area (Å²) in [5.74, 6) is -1.23. The average molecular weight is 478 g/mol. The fraction of sp³-hybridized carbons (Fsp3) is 0.227. The van der Waals surface area contributed by atoms with Crippen LogP contribution in [0.1, 0.15) is 12.0 Å². The smallest absolute Gasteiger partial charge is 0.325 e. The van der Waals surface area contributed by atoms with E-state index in [2.05, 4.69) is 4.72 Å². The van der Waals surface area contributed by atoms with Crippen LogP contribution in [0.2, 0.25) is 5.02 Å². The van der Waals surface area contributed by atoms with Crippen LogP contribution < -0.4 is 4.72 Å². The first-order chi connectivity index (χ1) is 14.7. The topological polar surface area (TPSA) is 92.7 Å². The Morgan fingerprint density at radius 1 is 1.13 bits per heavy atom. The number of ether oxygens (including phenoxy) is 1. The third kappa shape index (κ3) is 3.79. The Morgan fingerprint density at radius 2 is 1.81 bits per heavy atom. The molecule has 1 aliphatic carbocycles. The first-order valence-corrected chi connectivity index (χ1v) is 12.1. The molecule has 31 heavy (non-hydrogen) atoms. The van der Waals surface area contributed by atoms with Gasteiger partial charge in [-0.25, -0.2) is 8.42 Å². The summed E-state index contributed by atoms with van der Waals surface area (Å²) in [7, 11) is -2.61. The number of sulfonamides is 1. The van der Waals surface area contributed by atoms with Crippen LogP contribution in [0, 0.1) is 0 Å². The minimum atomic E-state index is -4.09. The highest BCUT2D eigenvalue weighted by atomic mass is 35.5. The first-order valence-electron chi connectivity index (χ1n) is 9.42. The van der Waals surface area contributed by atoms with Crippen LogP contribution in [0.3, 0.4) is 0 Å². The number of carboxylic acids is 1. The summed E-state index contributed by atoms with van der Waals surface area (Å²) in [4.78, 5) is 13.1. The van der Waals surface area contributed by atoms with E-state index in [1.165, 1.54) is 13.2 Å². The molecule has 0 aliphatic heterocycles. The van der Waals surface area contributed by atoms with Crippen molar-refractivity contribution in [3.63, 3.8) is 0 Å². The number of methoxy groups -OCH3 is 1. The molecule has 1 heterocycles. The van der Waals surface area contributed by atoms with E-state index >= 15 is 0 Å². The van der Waals surface area contributed by atoms with Crippen LogP contribution in [0.25, 0.3) is 10.4 Å². The monoisotopic (exact) mass is 477 g/mol. The summed E-state index contributed by atoms with van der Waals surface area (Å²) in [6.45, 7) is 0.0757. The van der Waals surface area contributed by atoms with Gasteiger partial charge in [0.15, 0.2) is 0 Å². The van der Waals surface area contributed by atoms with Crippen molar-refractivity contribution in [2.75, 3.05) is 13.7 Å². The summed E-state index contributed by atoms with van der Waals surface area (Å²) >= 11 is 6.99. The lowest BCUT2D eigenvalue weighted by Gasteiger charge is -2.23. The molecule has 0 saturated heterocycles. The van der Waals surface area contributed by atoms with E-state index in [4.69, 9.17) is 16.3 Å². The van der Waals surface area contributed by atoms with Gasteiger partial charge < -0.3 is 9.84 Å². The molecule has 1 aromatic heterocycles. The fourth-order valence-electron chi connectivity index (χ4n) is 3.99. The lowest BCUT2D eigenvalue weighted by atomic mass is 9.91. The van der Waals surface area contributed by atoms with Crippen molar-refractivity contribution >= 4 is 38.9 Å². The number of rotatable bonds is 8. The van der Waals surface area contributed by atoms with Crippen LogP contribution >= 0.6 is 22.9 Å². The number of carboxylic acid groups (broad SMARTS) is 1. The quantitative estimate of drug-likeness (QED) is 0.508. The maximum atomic E-state index is 13.2. The van der Waals surface area contributed by atoms with Gasteiger partial charge in [-0.1, -0.05) is 54.1 Å². The van der Waals surface area contributed by atoms with Crippen molar-refractivity contribution in [2.45, 2.75) is 21.6 Å². The van der Waals surface area contributed by atoms with Gasteiger partial charge in [0, 0.05) is 17.0 Å². The number of hydrogen-bond donors (Lipinski definition) is 2. The summed E-state index contributed by atoms with van der Waals surface area (Å²) in [5.41, 5.74) is -1.13. The van der Waals surface area contributed by atoms with Crippen molar-refractivity contribution in [1.29, 1.82) is 0 Å². The second kappa shape index (κ2) is 8.03. The first kappa shape index (κ1) is 22.0. The lowest BCUT2D eigenvalue weighted by molar-refractivity contribution is -0.141. The Bertz CT molecular complexity index is 1210. The standard InChI is InChI=1S/C22H20ClNO5S2/c1-29-14-21(16-5-3-2-4-6-16)13-22(21,20(25)26)24-31(27,28)19-12-11-18(30-19)15-7-9-17(23)10-8-15/h2-12,24H,13-14H2,1H3,(H,25,26)/t21-,22+/m1/s1. The van der Waals surface area contributed by atoms with E-state index in [-0.39, 0.29) is 17.2 Å². The molecule has 9 heteroatoms. The van der Waals surface area contributed by atoms with E-state index in [1.54, 1.807) is 54.6 Å². The zero-order valence-corrected chi connectivity index (χ0v) is 18.9. The second-order valence-corrected chi connectivity index (χ2v) is 10.9. The van der Waals surface area contributed by atoms with E-state index < -0.39 is 26.9 Å². The molecular weight excluding hydrogens is 458 g/mol. The van der Waals surface area contributed by atoms with Crippen LogP contribution in [0.4, 0.5) is 0 Å². The lowest BCUT2D eigenvalue weighted by Crippen LogP contribution is -2.49. The number of hydrogen-bond acceptors (Lipinski definition) is 5. The third-order valence-electron chi connectivity index (χ3n) is 5.62. The van der Waals surface area contributed by atoms with Gasteiger partial charge >= 0.3 is 5.97 Å². The number of thiophene rings is 1. The summed E-state index contributed by atoms with van der Waals surface area (Å²) in [6.07, 6.45) is 0.0990. The average Bonchev–Trinajstić information content (AvgIpc) is 3.12. The fourth-order valence-corrected chi connectivity index (χ4v) is 6.85. The predicted octanol–water partition coefficient (Wildman–Crippen LogP) is 4.16. The Kier molecular flexibility index (Phi) is 5.70. The number of benzene rings is 2. The number of halogens is 1. The molecule has 0 spiro atoms. The molecule has 1 saturated carbocycles. The predicted molar refractivity (Wildman–Crippen MR) is 120 cm³/mol. The maximum absolute atomic E-state index is 13.2. The van der Waals surface area contributed by atoms with Crippen molar-refractivity contribution < 1.29 is 23.1 Å². The Hall–Kier alpha value is -2.23. The number of aliphatic carboxylic acids is 1. The highest BCUT2D eigenvalue weighted by molar-refractivity contribution is 7.91. The van der Waals surface area contributed by atoms with Crippen LogP contribution in [-0.2, 0) is 25.0 Å². The Balaban J connectivity index is 1.68. The molecule has 4 rings (SSSR count). The van der Waals surface area contributed by atoms with E-state index in [9.17, 15) is 18.3 Å². The van der Waals surface area contributed by atoms with Crippen LogP contribution in [-0.4, -0.2) is 38.7 Å². The largest absolute Gasteiger partial charge is 0.480 e. The normalized spacial score (nSPS) is 22.9. The van der Waals surface area contributed by atoms with Gasteiger partial charge in [-0.15, -0.1) is 11.3 Å². The van der Waals surface area contributed by atoms with Crippen LogP contribution in [0.15, 0.2) is 70.9 Å². The molecule has 0 unspecified atom stereocenters. The molecule has 0 bridgehead atoms. The Morgan fingerprint density at radius 3 is 2.42 bits per heavy atom. The van der Waals surface area contributed by atoms with Crippen molar-refractivity contribution in [1.82, 2.24) is 4.72 Å². The molecule has 2 atom stereocenters. The molecule has 1 aliphatic rings. The van der Waals surface area contributed by atoms with E-state index in [1.807, 2.05) is 6.07 Å². The van der Waals surface area contributed by atoms with Gasteiger partial charge in [0.05, 0.1) is 12.0 Å². The molecule has 6 nitrogen and oxygen atoms in total. The molecule has 162 valence electrons. The number of nitrogens with one attached hydrogen (secondary N) is 1. The number of carbonyl (C=O) groups is 1. The highest BCUT2D eigenvalue weighted by Crippen LogP contribution is 2.58. The maximum Gasteiger partial charge on any atom is 0.325 e. The minimum absolute atomic E-state index is 0.0457. The van der Waals surface area contributed by atoms with Crippen molar-refractivity contribution in [3.8, 4) is 10.4 Å². The SMILES string of the molecule is COC[C@@]1(c2ccccc2)C[C@]1(NS(=O)(=O)c1ccc(-c2ccc(Cl)cc2)s1)C(=O)O. The van der Waals surface area contributed by atoms with Gasteiger partial charge in [0.1, 0.15) is 9.75 Å². The van der Waals surface area contributed by atoms with Crippen molar-refractivity contribution in [3.05, 3.63) is 77.3 Å². The zero-order valence-electron chi connectivity index (χ0n) is 16.5. The Labute approximate surface area is 189 Å². The zero-order chi connectivity index (χ0) is 22.3. The van der Waals surface area contributed by atoms with E-state index in [0.717, 1.165) is 27.3 Å². The molecule has 0 amide bonds. The van der Waals surface area contributed by atoms with Gasteiger partial charge in [-0.2, -0.15) is 4.72 Å². The molecule has 0 radical (unpaired) electrons. The van der Waals surface area contributed by atoms with E-state index in [0.29, 0.717) is 5.02 Å². The second-order valence-electron chi connectivity index (χ2n) is 7.50. The van der Waals surface area contributed by atoms with Gasteiger partial charge in [-0.05, 0) is 41.8 Å². The molecule has 2 N–H and O–H groups in total. The summed E-state index contributed by atoms with van der Waals surface area (Å²) in [6, 6.07) is 19.2. The molecule has 1 fully saturated rings. The molecule has 3 aromatic rings.